The lowest BCUT2D eigenvalue weighted by Gasteiger charge is -2.29. The number of carbonyl (C=O) groups excluding carboxylic acids is 2. The van der Waals surface area contributed by atoms with Crippen molar-refractivity contribution in [2.24, 2.45) is 0 Å². The fourth-order valence-corrected chi connectivity index (χ4v) is 4.52. The van der Waals surface area contributed by atoms with Crippen molar-refractivity contribution in [1.82, 2.24) is 5.32 Å². The van der Waals surface area contributed by atoms with Gasteiger partial charge in [0.05, 0.1) is 11.3 Å². The van der Waals surface area contributed by atoms with Gasteiger partial charge in [0.1, 0.15) is 5.57 Å². The number of benzene rings is 3. The predicted octanol–water partition coefficient (Wildman–Crippen LogP) is 6.34. The highest BCUT2D eigenvalue weighted by Crippen LogP contribution is 2.34. The largest absolute Gasteiger partial charge is 0.416 e. The van der Waals surface area contributed by atoms with Crippen LogP contribution in [0.4, 0.5) is 18.9 Å². The van der Waals surface area contributed by atoms with Crippen LogP contribution in [0, 0.1) is 0 Å². The SMILES string of the molecule is O=C1NC(=S)N(c2cccc(C(F)(F)F)c2)C(=O)/C1=C\c1ccccc1Sc1ccc(Cl)cc1. The Morgan fingerprint density at radius 3 is 2.38 bits per heavy atom. The Morgan fingerprint density at radius 2 is 1.68 bits per heavy atom. The third-order valence-corrected chi connectivity index (χ3v) is 6.43. The molecule has 4 nitrogen and oxygen atoms in total. The van der Waals surface area contributed by atoms with Crippen LogP contribution in [0.25, 0.3) is 6.08 Å². The molecule has 4 rings (SSSR count). The number of rotatable bonds is 4. The van der Waals surface area contributed by atoms with Gasteiger partial charge in [-0.1, -0.05) is 47.6 Å². The lowest BCUT2D eigenvalue weighted by molar-refractivity contribution is -0.137. The molecule has 0 atom stereocenters. The van der Waals surface area contributed by atoms with Crippen LogP contribution in [-0.2, 0) is 15.8 Å². The van der Waals surface area contributed by atoms with Gasteiger partial charge in [-0.2, -0.15) is 13.2 Å². The summed E-state index contributed by atoms with van der Waals surface area (Å²) in [6.07, 6.45) is -3.20. The molecule has 172 valence electrons. The van der Waals surface area contributed by atoms with Crippen LogP contribution >= 0.6 is 35.6 Å². The van der Waals surface area contributed by atoms with Crippen LogP contribution in [0.5, 0.6) is 0 Å². The van der Waals surface area contributed by atoms with Crippen molar-refractivity contribution in [2.45, 2.75) is 16.0 Å². The van der Waals surface area contributed by atoms with E-state index in [1.807, 2.05) is 24.3 Å². The summed E-state index contributed by atoms with van der Waals surface area (Å²) >= 11 is 12.4. The van der Waals surface area contributed by atoms with Crippen LogP contribution in [0.1, 0.15) is 11.1 Å². The third kappa shape index (κ3) is 5.16. The van der Waals surface area contributed by atoms with E-state index in [-0.39, 0.29) is 16.4 Å². The van der Waals surface area contributed by atoms with E-state index in [0.717, 1.165) is 26.8 Å². The van der Waals surface area contributed by atoms with Crippen LogP contribution in [0.3, 0.4) is 0 Å². The zero-order chi connectivity index (χ0) is 24.5. The molecule has 1 saturated heterocycles. The molecule has 1 aliphatic heterocycles. The van der Waals surface area contributed by atoms with Crippen molar-refractivity contribution in [1.29, 1.82) is 0 Å². The first kappa shape index (κ1) is 24.0. The predicted molar refractivity (Wildman–Crippen MR) is 130 cm³/mol. The van der Waals surface area contributed by atoms with E-state index >= 15 is 0 Å². The van der Waals surface area contributed by atoms with Gasteiger partial charge in [0.2, 0.25) is 0 Å². The molecule has 1 aliphatic rings. The summed E-state index contributed by atoms with van der Waals surface area (Å²) in [6, 6.07) is 18.5. The maximum absolute atomic E-state index is 13.2. The number of thiocarbonyl (C=S) groups is 1. The quantitative estimate of drug-likeness (QED) is 0.249. The van der Waals surface area contributed by atoms with Gasteiger partial charge in [0, 0.05) is 14.8 Å². The van der Waals surface area contributed by atoms with Crippen molar-refractivity contribution in [3.8, 4) is 0 Å². The number of nitrogens with zero attached hydrogens (tertiary/aromatic N) is 1. The number of halogens is 4. The maximum Gasteiger partial charge on any atom is 0.416 e. The fraction of sp³-hybridized carbons (Fsp3) is 0.0417. The van der Waals surface area contributed by atoms with E-state index in [1.54, 1.807) is 24.3 Å². The van der Waals surface area contributed by atoms with Gasteiger partial charge in [0.15, 0.2) is 5.11 Å². The number of alkyl halides is 3. The van der Waals surface area contributed by atoms with Gasteiger partial charge in [0.25, 0.3) is 11.8 Å². The third-order valence-electron chi connectivity index (χ3n) is 4.79. The van der Waals surface area contributed by atoms with E-state index in [4.69, 9.17) is 23.8 Å². The first-order valence-corrected chi connectivity index (χ1v) is 11.3. The molecule has 1 N–H and O–H groups in total. The molecule has 0 radical (unpaired) electrons. The molecule has 1 fully saturated rings. The Labute approximate surface area is 207 Å². The molecule has 0 aromatic heterocycles. The Balaban J connectivity index is 1.71. The van der Waals surface area contributed by atoms with Crippen molar-refractivity contribution in [2.75, 3.05) is 4.90 Å². The fourth-order valence-electron chi connectivity index (χ4n) is 3.19. The molecular weight excluding hydrogens is 505 g/mol. The number of hydrogen-bond acceptors (Lipinski definition) is 4. The summed E-state index contributed by atoms with van der Waals surface area (Å²) in [6.45, 7) is 0. The highest BCUT2D eigenvalue weighted by atomic mass is 35.5. The van der Waals surface area contributed by atoms with Crippen LogP contribution < -0.4 is 10.2 Å². The smallest absolute Gasteiger partial charge is 0.298 e. The minimum absolute atomic E-state index is 0.0976. The topological polar surface area (TPSA) is 49.4 Å². The molecule has 10 heteroatoms. The Bertz CT molecular complexity index is 1320. The summed E-state index contributed by atoms with van der Waals surface area (Å²) in [5.41, 5.74) is -0.708. The van der Waals surface area contributed by atoms with Gasteiger partial charge in [-0.05, 0) is 72.4 Å². The van der Waals surface area contributed by atoms with Crippen molar-refractivity contribution in [3.63, 3.8) is 0 Å². The maximum atomic E-state index is 13.2. The first-order chi connectivity index (χ1) is 16.1. The molecular formula is C24H14ClF3N2O2S2. The molecule has 3 aromatic rings. The highest BCUT2D eigenvalue weighted by Gasteiger charge is 2.36. The average molecular weight is 519 g/mol. The molecule has 34 heavy (non-hydrogen) atoms. The number of hydrogen-bond donors (Lipinski definition) is 1. The average Bonchev–Trinajstić information content (AvgIpc) is 2.79. The second kappa shape index (κ2) is 9.61. The summed E-state index contributed by atoms with van der Waals surface area (Å²) in [5, 5.41) is 2.69. The van der Waals surface area contributed by atoms with E-state index in [1.165, 1.54) is 30.0 Å². The molecule has 1 heterocycles. The van der Waals surface area contributed by atoms with Crippen LogP contribution in [0.15, 0.2) is 88.2 Å². The molecule has 0 bridgehead atoms. The van der Waals surface area contributed by atoms with Crippen LogP contribution in [-0.4, -0.2) is 16.9 Å². The van der Waals surface area contributed by atoms with Crippen molar-refractivity contribution >= 4 is 64.3 Å². The number of amides is 2. The zero-order valence-corrected chi connectivity index (χ0v) is 19.5. The molecule has 2 amide bonds. The van der Waals surface area contributed by atoms with Gasteiger partial charge >= 0.3 is 6.18 Å². The van der Waals surface area contributed by atoms with E-state index < -0.39 is 23.6 Å². The summed E-state index contributed by atoms with van der Waals surface area (Å²) < 4.78 is 39.5. The number of nitrogens with one attached hydrogen (secondary N) is 1. The standard InChI is InChI=1S/C24H14ClF3N2O2S2/c25-16-8-10-18(11-9-16)34-20-7-2-1-4-14(20)12-19-21(31)29-23(33)30(22(19)32)17-6-3-5-15(13-17)24(26,27)28/h1-13H,(H,29,31,33)/b19-12-. The monoisotopic (exact) mass is 518 g/mol. The van der Waals surface area contributed by atoms with Crippen LogP contribution in [0.2, 0.25) is 5.02 Å². The minimum atomic E-state index is -4.60. The van der Waals surface area contributed by atoms with Gasteiger partial charge in [-0.15, -0.1) is 0 Å². The van der Waals surface area contributed by atoms with Gasteiger partial charge in [-0.25, -0.2) is 0 Å². The second-order valence-electron chi connectivity index (χ2n) is 7.10. The number of anilines is 1. The summed E-state index contributed by atoms with van der Waals surface area (Å²) in [5.74, 6) is -1.55. The first-order valence-electron chi connectivity index (χ1n) is 9.74. The molecule has 0 unspecified atom stereocenters. The van der Waals surface area contributed by atoms with Gasteiger partial charge in [-0.3, -0.25) is 19.8 Å². The van der Waals surface area contributed by atoms with E-state index in [2.05, 4.69) is 5.32 Å². The Hall–Kier alpha value is -3.14. The van der Waals surface area contributed by atoms with Crippen molar-refractivity contribution < 1.29 is 22.8 Å². The highest BCUT2D eigenvalue weighted by molar-refractivity contribution is 7.99. The van der Waals surface area contributed by atoms with Gasteiger partial charge < -0.3 is 0 Å². The lowest BCUT2D eigenvalue weighted by Crippen LogP contribution is -2.54. The van der Waals surface area contributed by atoms with Crippen molar-refractivity contribution in [3.05, 3.63) is 94.5 Å². The molecule has 0 aliphatic carbocycles. The number of carbonyl (C=O) groups is 2. The lowest BCUT2D eigenvalue weighted by atomic mass is 10.1. The normalized spacial score (nSPS) is 15.6. The van der Waals surface area contributed by atoms with E-state index in [0.29, 0.717) is 10.6 Å². The summed E-state index contributed by atoms with van der Waals surface area (Å²) in [7, 11) is 0. The molecule has 0 saturated carbocycles. The Morgan fingerprint density at radius 1 is 0.971 bits per heavy atom. The molecule has 3 aromatic carbocycles. The summed E-state index contributed by atoms with van der Waals surface area (Å²) in [4.78, 5) is 28.4. The minimum Gasteiger partial charge on any atom is -0.298 e. The zero-order valence-electron chi connectivity index (χ0n) is 17.1. The second-order valence-corrected chi connectivity index (χ2v) is 9.04. The van der Waals surface area contributed by atoms with E-state index in [9.17, 15) is 22.8 Å². The molecule has 0 spiro atoms. The Kier molecular flexibility index (Phi) is 6.79.